The molecule has 0 aliphatic rings. The fourth-order valence-corrected chi connectivity index (χ4v) is 0.581. The van der Waals surface area contributed by atoms with Crippen LogP contribution in [0.1, 0.15) is 10.4 Å². The number of aromatic carboxylic acids is 1. The van der Waals surface area contributed by atoms with E-state index in [1.165, 1.54) is 0 Å². The van der Waals surface area contributed by atoms with Crippen molar-refractivity contribution in [2.75, 3.05) is 0 Å². The number of rotatable bonds is 1. The van der Waals surface area contributed by atoms with Gasteiger partial charge >= 0.3 is 43.7 Å². The zero-order valence-electron chi connectivity index (χ0n) is 5.45. The molecule has 0 fully saturated rings. The molecule has 1 rings (SSSR count). The summed E-state index contributed by atoms with van der Waals surface area (Å²) < 4.78 is 0. The Balaban J connectivity index is 0. The summed E-state index contributed by atoms with van der Waals surface area (Å²) in [5, 5.41) is 8.38. The third kappa shape index (κ3) is 4.92. The molecule has 0 aliphatic heterocycles. The van der Waals surface area contributed by atoms with Crippen molar-refractivity contribution in [2.45, 2.75) is 0 Å². The molecule has 0 saturated carbocycles. The predicted octanol–water partition coefficient (Wildman–Crippen LogP) is 0.466. The van der Waals surface area contributed by atoms with Gasteiger partial charge in [0.1, 0.15) is 0 Å². The molecule has 0 spiro atoms. The van der Waals surface area contributed by atoms with Gasteiger partial charge in [0.2, 0.25) is 0 Å². The van der Waals surface area contributed by atoms with Gasteiger partial charge in [-0.1, -0.05) is 18.2 Å². The van der Waals surface area contributed by atoms with Crippen LogP contribution in [0.2, 0.25) is 0 Å². The molecule has 52 valence electrons. The van der Waals surface area contributed by atoms with Gasteiger partial charge in [-0.3, -0.25) is 0 Å². The van der Waals surface area contributed by atoms with Gasteiger partial charge < -0.3 is 5.11 Å². The van der Waals surface area contributed by atoms with E-state index >= 15 is 0 Å². The molecule has 0 atom stereocenters. The van der Waals surface area contributed by atoms with Gasteiger partial charge in [0, 0.05) is 19.5 Å². The van der Waals surface area contributed by atoms with E-state index < -0.39 is 5.97 Å². The van der Waals surface area contributed by atoms with Crippen LogP contribution in [0.5, 0.6) is 0 Å². The van der Waals surface area contributed by atoms with Crippen molar-refractivity contribution >= 4 is 43.7 Å². The molecule has 0 saturated heterocycles. The number of hydrogen-bond acceptors (Lipinski definition) is 1. The first-order valence-corrected chi connectivity index (χ1v) is 2.59. The van der Waals surface area contributed by atoms with E-state index in [4.69, 9.17) is 5.11 Å². The van der Waals surface area contributed by atoms with Crippen molar-refractivity contribution in [1.29, 1.82) is 0 Å². The van der Waals surface area contributed by atoms with E-state index in [0.29, 0.717) is 5.56 Å². The van der Waals surface area contributed by atoms with E-state index in [9.17, 15) is 4.79 Å². The number of carbonyl (C=O) groups is 1. The van der Waals surface area contributed by atoms with E-state index in [1.807, 2.05) is 0 Å². The van der Waals surface area contributed by atoms with Crippen molar-refractivity contribution in [3.63, 3.8) is 0 Å². The Bertz CT molecular complexity index is 213. The minimum absolute atomic E-state index is 0. The van der Waals surface area contributed by atoms with Crippen molar-refractivity contribution < 1.29 is 29.4 Å². The molecule has 1 aromatic rings. The average molecular weight is 230 g/mol. The van der Waals surface area contributed by atoms with E-state index in [0.717, 1.165) is 0 Å². The molecule has 11 heavy (non-hydrogen) atoms. The zero-order valence-corrected chi connectivity index (χ0v) is 8.42. The minimum atomic E-state index is -0.879. The predicted molar refractivity (Wildman–Crippen MR) is 41.9 cm³/mol. The monoisotopic (exact) mass is 228 g/mol. The Morgan fingerprint density at radius 1 is 1.18 bits per heavy atom. The van der Waals surface area contributed by atoms with Gasteiger partial charge in [0.15, 0.2) is 0 Å². The minimum Gasteiger partial charge on any atom is 0 e. The fraction of sp³-hybridized carbons (Fsp3) is 0. The molecule has 0 radical (unpaired) electrons. The number of benzene rings is 1. The summed E-state index contributed by atoms with van der Waals surface area (Å²) in [6, 6.07) is 8.30. The SMILES string of the molecule is O=C(O)c1ccccc1.[CaH2].[Zn]. The molecule has 4 heteroatoms. The summed E-state index contributed by atoms with van der Waals surface area (Å²) in [5.41, 5.74) is 0.331. The maximum absolute atomic E-state index is 10.2. The van der Waals surface area contributed by atoms with Crippen LogP contribution in [0.15, 0.2) is 30.3 Å². The molecular formula is C7H8CaO2Zn. The number of carboxylic acids is 1. The second kappa shape index (κ2) is 7.23. The number of hydrogen-bond donors (Lipinski definition) is 1. The summed E-state index contributed by atoms with van der Waals surface area (Å²) >= 11 is 0. The van der Waals surface area contributed by atoms with Crippen LogP contribution >= 0.6 is 0 Å². The Hall–Kier alpha value is 0.573. The summed E-state index contributed by atoms with van der Waals surface area (Å²) in [5.74, 6) is -0.879. The van der Waals surface area contributed by atoms with Gasteiger partial charge in [0.05, 0.1) is 5.56 Å². The fourth-order valence-electron chi connectivity index (χ4n) is 0.581. The van der Waals surface area contributed by atoms with Gasteiger partial charge in [0.25, 0.3) is 0 Å². The van der Waals surface area contributed by atoms with Crippen molar-refractivity contribution in [2.24, 2.45) is 0 Å². The molecule has 0 unspecified atom stereocenters. The smallest absolute Gasteiger partial charge is 0 e. The van der Waals surface area contributed by atoms with Crippen LogP contribution in [0, 0.1) is 0 Å². The molecule has 2 nitrogen and oxygen atoms in total. The third-order valence-corrected chi connectivity index (χ3v) is 1.02. The van der Waals surface area contributed by atoms with Crippen LogP contribution in [-0.2, 0) is 19.5 Å². The van der Waals surface area contributed by atoms with Crippen molar-refractivity contribution in [1.82, 2.24) is 0 Å². The summed E-state index contributed by atoms with van der Waals surface area (Å²) in [6.45, 7) is 0. The van der Waals surface area contributed by atoms with Crippen molar-refractivity contribution in [3.8, 4) is 0 Å². The molecule has 0 aliphatic carbocycles. The molecule has 0 heterocycles. The van der Waals surface area contributed by atoms with E-state index in [2.05, 4.69) is 0 Å². The normalized spacial score (nSPS) is 7.27. The van der Waals surface area contributed by atoms with Crippen molar-refractivity contribution in [3.05, 3.63) is 35.9 Å². The van der Waals surface area contributed by atoms with Crippen LogP contribution in [0.25, 0.3) is 0 Å². The average Bonchev–Trinajstić information content (AvgIpc) is 1.90. The van der Waals surface area contributed by atoms with Gasteiger partial charge in [-0.2, -0.15) is 0 Å². The summed E-state index contributed by atoms with van der Waals surface area (Å²) in [7, 11) is 0. The maximum Gasteiger partial charge on any atom is 0 e. The largest absolute Gasteiger partial charge is 0 e. The summed E-state index contributed by atoms with van der Waals surface area (Å²) in [6.07, 6.45) is 0. The van der Waals surface area contributed by atoms with Gasteiger partial charge in [-0.25, -0.2) is 4.79 Å². The number of carboxylic acid groups (broad SMARTS) is 1. The topological polar surface area (TPSA) is 37.3 Å². The van der Waals surface area contributed by atoms with Gasteiger partial charge in [-0.05, 0) is 12.1 Å². The second-order valence-corrected chi connectivity index (χ2v) is 1.67. The van der Waals surface area contributed by atoms with E-state index in [1.54, 1.807) is 30.3 Å². The van der Waals surface area contributed by atoms with Crippen LogP contribution < -0.4 is 0 Å². The Morgan fingerprint density at radius 2 is 1.64 bits per heavy atom. The van der Waals surface area contributed by atoms with Crippen LogP contribution in [-0.4, -0.2) is 48.8 Å². The third-order valence-electron chi connectivity index (χ3n) is 1.02. The Morgan fingerprint density at radius 3 is 1.91 bits per heavy atom. The molecule has 1 N–H and O–H groups in total. The first-order valence-electron chi connectivity index (χ1n) is 2.59. The molecule has 0 bridgehead atoms. The molecule has 0 amide bonds. The maximum atomic E-state index is 10.2. The molecule has 0 aromatic heterocycles. The molecular weight excluding hydrogens is 222 g/mol. The first kappa shape index (κ1) is 14.1. The Kier molecular flexibility index (Phi) is 9.28. The second-order valence-electron chi connectivity index (χ2n) is 1.67. The standard InChI is InChI=1S/C7H6O2.Ca.Zn.2H/c8-7(9)6-4-2-1-3-5-6;;;;/h1-5H,(H,8,9);;;;. The first-order chi connectivity index (χ1) is 4.30. The van der Waals surface area contributed by atoms with E-state index in [-0.39, 0.29) is 57.2 Å². The van der Waals surface area contributed by atoms with Crippen LogP contribution in [0.3, 0.4) is 0 Å². The Labute approximate surface area is 108 Å². The van der Waals surface area contributed by atoms with Gasteiger partial charge in [-0.15, -0.1) is 0 Å². The zero-order chi connectivity index (χ0) is 6.69. The molecule has 1 aromatic carbocycles. The summed E-state index contributed by atoms with van der Waals surface area (Å²) in [4.78, 5) is 10.2. The quantitative estimate of drug-likeness (QED) is 0.711. The van der Waals surface area contributed by atoms with Crippen LogP contribution in [0.4, 0.5) is 0 Å².